The molecule has 2 rings (SSSR count). The number of hydrogen-bond donors (Lipinski definition) is 3. The summed E-state index contributed by atoms with van der Waals surface area (Å²) in [7, 11) is 0. The molecule has 3 N–H and O–H groups in total. The van der Waals surface area contributed by atoms with Crippen molar-refractivity contribution < 1.29 is 14.3 Å². The fraction of sp³-hybridized carbons (Fsp3) is 0.222. The summed E-state index contributed by atoms with van der Waals surface area (Å²) in [5.41, 5.74) is 6.73. The Morgan fingerprint density at radius 2 is 2.29 bits per heavy atom. The van der Waals surface area contributed by atoms with E-state index in [9.17, 15) is 4.79 Å². The highest BCUT2D eigenvalue weighted by Gasteiger charge is 2.06. The van der Waals surface area contributed by atoms with Crippen molar-refractivity contribution in [2.75, 3.05) is 5.75 Å². The van der Waals surface area contributed by atoms with Gasteiger partial charge in [-0.25, -0.2) is 4.98 Å². The van der Waals surface area contributed by atoms with E-state index in [1.165, 1.54) is 12.7 Å². The number of carbonyl (C=O) groups is 1. The number of nitrogens with two attached hydrogens (primary N) is 1. The zero-order valence-electron chi connectivity index (χ0n) is 8.84. The Bertz CT molecular complexity index is 293. The number of aliphatic carboxylic acids is 1. The van der Waals surface area contributed by atoms with Gasteiger partial charge >= 0.3 is 5.97 Å². The van der Waals surface area contributed by atoms with Gasteiger partial charge in [-0.1, -0.05) is 0 Å². The summed E-state index contributed by atoms with van der Waals surface area (Å²) in [5.74, 6) is -0.815. The van der Waals surface area contributed by atoms with Crippen molar-refractivity contribution in [1.29, 1.82) is 0 Å². The van der Waals surface area contributed by atoms with Gasteiger partial charge in [-0.05, 0) is 0 Å². The zero-order valence-corrected chi connectivity index (χ0v) is 10.6. The van der Waals surface area contributed by atoms with Gasteiger partial charge in [0.2, 0.25) is 0 Å². The highest BCUT2D eigenvalue weighted by Crippen LogP contribution is 1.85. The lowest BCUT2D eigenvalue weighted by atomic mass is 10.4. The van der Waals surface area contributed by atoms with Crippen LogP contribution in [0.15, 0.2) is 40.4 Å². The second kappa shape index (κ2) is 11.1. The highest BCUT2D eigenvalue weighted by atomic mass is 32.1. The molecule has 17 heavy (non-hydrogen) atoms. The molecule has 6 nitrogen and oxygen atoms in total. The molecule has 0 saturated heterocycles. The zero-order chi connectivity index (χ0) is 12.9. The number of thiol groups is 1. The summed E-state index contributed by atoms with van der Waals surface area (Å²) < 4.78 is 4.47. The molecule has 0 aliphatic heterocycles. The van der Waals surface area contributed by atoms with Crippen LogP contribution >= 0.6 is 24.0 Å². The van der Waals surface area contributed by atoms with Crippen LogP contribution in [0, 0.1) is 0 Å². The number of nitrogens with zero attached hydrogens (tertiary/aromatic N) is 2. The van der Waals surface area contributed by atoms with Crippen molar-refractivity contribution in [3.05, 3.63) is 35.9 Å². The summed E-state index contributed by atoms with van der Waals surface area (Å²) in [4.78, 5) is 17.1. The molecule has 0 aliphatic carbocycles. The van der Waals surface area contributed by atoms with Crippen LogP contribution in [-0.2, 0) is 4.79 Å². The van der Waals surface area contributed by atoms with Crippen LogP contribution in [0.5, 0.6) is 0 Å². The van der Waals surface area contributed by atoms with Gasteiger partial charge in [-0.3, -0.25) is 9.78 Å². The summed E-state index contributed by atoms with van der Waals surface area (Å²) in [6.07, 6.45) is 6.24. The minimum Gasteiger partial charge on any atom is -0.480 e. The van der Waals surface area contributed by atoms with E-state index < -0.39 is 12.0 Å². The first-order valence-electron chi connectivity index (χ1n) is 4.42. The molecule has 0 radical (unpaired) electrons. The number of hydrogen-bond acceptors (Lipinski definition) is 7. The number of carboxylic acid groups (broad SMARTS) is 1. The van der Waals surface area contributed by atoms with Crippen molar-refractivity contribution in [1.82, 2.24) is 9.97 Å². The largest absolute Gasteiger partial charge is 0.480 e. The molecular weight excluding hydrogens is 262 g/mol. The molecule has 0 amide bonds. The first-order chi connectivity index (χ1) is 8.18. The fourth-order valence-electron chi connectivity index (χ4n) is 0.429. The second-order valence-electron chi connectivity index (χ2n) is 2.48. The Kier molecular flexibility index (Phi) is 10.2. The van der Waals surface area contributed by atoms with Crippen molar-refractivity contribution in [2.45, 2.75) is 6.04 Å². The highest BCUT2D eigenvalue weighted by molar-refractivity contribution is 7.80. The Morgan fingerprint density at radius 1 is 1.53 bits per heavy atom. The van der Waals surface area contributed by atoms with Gasteiger partial charge in [0.15, 0.2) is 6.39 Å². The van der Waals surface area contributed by atoms with E-state index in [-0.39, 0.29) is 5.75 Å². The normalized spacial score (nSPS) is 10.2. The summed E-state index contributed by atoms with van der Waals surface area (Å²) in [6, 6.07) is -0.816. The number of thiazole rings is 1. The van der Waals surface area contributed by atoms with E-state index in [0.717, 1.165) is 0 Å². The third-order valence-corrected chi connectivity index (χ3v) is 2.12. The van der Waals surface area contributed by atoms with Crippen molar-refractivity contribution >= 4 is 29.9 Å². The van der Waals surface area contributed by atoms with Crippen LogP contribution in [0.2, 0.25) is 0 Å². The maximum Gasteiger partial charge on any atom is 0.321 e. The van der Waals surface area contributed by atoms with E-state index >= 15 is 0 Å². The summed E-state index contributed by atoms with van der Waals surface area (Å²) in [6.45, 7) is 0. The molecule has 8 heteroatoms. The fourth-order valence-corrected chi connectivity index (χ4v) is 0.937. The molecule has 2 heterocycles. The van der Waals surface area contributed by atoms with E-state index in [0.29, 0.717) is 0 Å². The van der Waals surface area contributed by atoms with Gasteiger partial charge in [0.05, 0.1) is 11.7 Å². The Hall–Kier alpha value is -1.38. The molecule has 94 valence electrons. The standard InChI is InChI=1S/C3H7NO2S.C3H3NO.C3H3NS/c4-2(1-7)3(5)6;2*1-2-5-3-4-1/h2,7H,1,4H2,(H,5,6);2*1-3H/t2-;;/m0../s1. The molecule has 2 aromatic heterocycles. The maximum atomic E-state index is 9.76. The Balaban J connectivity index is 0.000000229. The lowest BCUT2D eigenvalue weighted by molar-refractivity contribution is -0.137. The van der Waals surface area contributed by atoms with Crippen LogP contribution in [-0.4, -0.2) is 32.8 Å². The molecule has 0 saturated carbocycles. The first-order valence-corrected chi connectivity index (χ1v) is 5.99. The SMILES string of the molecule is N[C@@H](CS)C(=O)O.c1cocn1.c1cscn1. The molecule has 0 unspecified atom stereocenters. The van der Waals surface area contributed by atoms with Crippen LogP contribution in [0.3, 0.4) is 0 Å². The number of oxazole rings is 1. The Morgan fingerprint density at radius 3 is 2.41 bits per heavy atom. The van der Waals surface area contributed by atoms with Crippen molar-refractivity contribution in [3.8, 4) is 0 Å². The van der Waals surface area contributed by atoms with Crippen molar-refractivity contribution in [3.63, 3.8) is 0 Å². The molecule has 0 aromatic carbocycles. The van der Waals surface area contributed by atoms with Gasteiger partial charge in [0.25, 0.3) is 0 Å². The molecule has 2 aromatic rings. The Labute approximate surface area is 108 Å². The van der Waals surface area contributed by atoms with Crippen LogP contribution < -0.4 is 5.73 Å². The van der Waals surface area contributed by atoms with Crippen LogP contribution in [0.25, 0.3) is 0 Å². The lowest BCUT2D eigenvalue weighted by Crippen LogP contribution is -2.31. The quantitative estimate of drug-likeness (QED) is 0.710. The average molecular weight is 275 g/mol. The lowest BCUT2D eigenvalue weighted by Gasteiger charge is -1.96. The molecular formula is C9H13N3O3S2. The van der Waals surface area contributed by atoms with E-state index in [1.54, 1.807) is 29.2 Å². The van der Waals surface area contributed by atoms with Gasteiger partial charge in [0.1, 0.15) is 12.3 Å². The molecule has 1 atom stereocenters. The monoisotopic (exact) mass is 275 g/mol. The average Bonchev–Trinajstić information content (AvgIpc) is 3.04. The minimum atomic E-state index is -1.00. The molecule has 0 bridgehead atoms. The smallest absolute Gasteiger partial charge is 0.321 e. The van der Waals surface area contributed by atoms with Crippen LogP contribution in [0.4, 0.5) is 0 Å². The van der Waals surface area contributed by atoms with Gasteiger partial charge < -0.3 is 15.3 Å². The number of rotatable bonds is 2. The van der Waals surface area contributed by atoms with E-state index in [2.05, 4.69) is 27.0 Å². The first kappa shape index (κ1) is 15.6. The summed E-state index contributed by atoms with van der Waals surface area (Å²) >= 11 is 5.25. The number of aromatic nitrogens is 2. The molecule has 0 spiro atoms. The van der Waals surface area contributed by atoms with Gasteiger partial charge in [-0.15, -0.1) is 11.3 Å². The van der Waals surface area contributed by atoms with Gasteiger partial charge in [-0.2, -0.15) is 12.6 Å². The molecule has 0 fully saturated rings. The predicted octanol–water partition coefficient (Wildman–Crippen LogP) is 1.15. The van der Waals surface area contributed by atoms with Crippen molar-refractivity contribution in [2.24, 2.45) is 5.73 Å². The topological polar surface area (TPSA) is 102 Å². The third kappa shape index (κ3) is 10.9. The third-order valence-electron chi connectivity index (χ3n) is 1.21. The second-order valence-corrected chi connectivity index (χ2v) is 3.60. The maximum absolute atomic E-state index is 9.76. The van der Waals surface area contributed by atoms with Gasteiger partial charge in [0, 0.05) is 17.3 Å². The minimum absolute atomic E-state index is 0.190. The molecule has 0 aliphatic rings. The van der Waals surface area contributed by atoms with E-state index in [1.807, 2.05) is 5.38 Å². The van der Waals surface area contributed by atoms with Crippen LogP contribution in [0.1, 0.15) is 0 Å². The van der Waals surface area contributed by atoms with E-state index in [4.69, 9.17) is 10.8 Å². The summed E-state index contributed by atoms with van der Waals surface area (Å²) in [5, 5.41) is 9.94. The predicted molar refractivity (Wildman–Crippen MR) is 68.1 cm³/mol. The number of carboxylic acids is 1.